The van der Waals surface area contributed by atoms with E-state index in [2.05, 4.69) is 4.72 Å². The second-order valence-corrected chi connectivity index (χ2v) is 5.17. The van der Waals surface area contributed by atoms with Gasteiger partial charge in [-0.15, -0.1) is 0 Å². The van der Waals surface area contributed by atoms with Gasteiger partial charge in [-0.05, 0) is 18.6 Å². The second kappa shape index (κ2) is 5.52. The molecule has 0 saturated heterocycles. The van der Waals surface area contributed by atoms with Crippen LogP contribution in [0.25, 0.3) is 0 Å². The van der Waals surface area contributed by atoms with Crippen LogP contribution in [0, 0.1) is 11.6 Å². The number of rotatable bonds is 5. The van der Waals surface area contributed by atoms with Crippen molar-refractivity contribution >= 4 is 10.0 Å². The molecule has 0 spiro atoms. The average molecular weight is 265 g/mol. The van der Waals surface area contributed by atoms with Crippen LogP contribution in [0.15, 0.2) is 23.1 Å². The number of hydrogen-bond donors (Lipinski definition) is 2. The van der Waals surface area contributed by atoms with E-state index in [9.17, 15) is 17.2 Å². The molecule has 0 fully saturated rings. The minimum Gasteiger partial charge on any atom is -0.395 e. The van der Waals surface area contributed by atoms with Crippen LogP contribution in [-0.4, -0.2) is 26.2 Å². The molecule has 0 amide bonds. The standard InChI is InChI=1S/C10H13F2NO3S/c1-2-8(6-14)13-17(15,16)10-4-3-7(11)5-9(10)12/h3-5,8,13-14H,2,6H2,1H3/t8-/m1/s1. The first-order chi connectivity index (χ1) is 7.90. The zero-order chi connectivity index (χ0) is 13.1. The van der Waals surface area contributed by atoms with Gasteiger partial charge in [0.05, 0.1) is 6.61 Å². The first-order valence-corrected chi connectivity index (χ1v) is 6.47. The Balaban J connectivity index is 3.05. The lowest BCUT2D eigenvalue weighted by Gasteiger charge is -2.14. The Morgan fingerprint density at radius 3 is 2.53 bits per heavy atom. The molecule has 0 aliphatic carbocycles. The first-order valence-electron chi connectivity index (χ1n) is 4.99. The molecule has 0 radical (unpaired) electrons. The monoisotopic (exact) mass is 265 g/mol. The lowest BCUT2D eigenvalue weighted by Crippen LogP contribution is -2.37. The Morgan fingerprint density at radius 1 is 1.41 bits per heavy atom. The Labute approximate surface area is 98.3 Å². The van der Waals surface area contributed by atoms with Gasteiger partial charge in [0.1, 0.15) is 16.5 Å². The molecule has 96 valence electrons. The largest absolute Gasteiger partial charge is 0.395 e. The van der Waals surface area contributed by atoms with E-state index in [1.165, 1.54) is 0 Å². The van der Waals surface area contributed by atoms with Crippen molar-refractivity contribution in [2.24, 2.45) is 0 Å². The zero-order valence-corrected chi connectivity index (χ0v) is 9.97. The van der Waals surface area contributed by atoms with Crippen molar-refractivity contribution in [3.8, 4) is 0 Å². The molecule has 0 aromatic heterocycles. The maximum absolute atomic E-state index is 13.3. The van der Waals surface area contributed by atoms with Gasteiger partial charge in [-0.1, -0.05) is 6.92 Å². The normalized spacial score (nSPS) is 13.6. The van der Waals surface area contributed by atoms with Crippen LogP contribution >= 0.6 is 0 Å². The van der Waals surface area contributed by atoms with Gasteiger partial charge in [-0.3, -0.25) is 0 Å². The van der Waals surface area contributed by atoms with Gasteiger partial charge < -0.3 is 5.11 Å². The summed E-state index contributed by atoms with van der Waals surface area (Å²) in [5.41, 5.74) is 0. The minimum absolute atomic E-state index is 0.360. The molecule has 0 heterocycles. The molecule has 4 nitrogen and oxygen atoms in total. The van der Waals surface area contributed by atoms with Gasteiger partial charge in [0.25, 0.3) is 0 Å². The number of sulfonamides is 1. The highest BCUT2D eigenvalue weighted by Gasteiger charge is 2.22. The van der Waals surface area contributed by atoms with E-state index in [-0.39, 0.29) is 0 Å². The number of halogens is 2. The van der Waals surface area contributed by atoms with E-state index in [0.29, 0.717) is 12.5 Å². The molecule has 0 bridgehead atoms. The van der Waals surface area contributed by atoms with Gasteiger partial charge in [0, 0.05) is 12.1 Å². The van der Waals surface area contributed by atoms with E-state index in [1.807, 2.05) is 0 Å². The third-order valence-corrected chi connectivity index (χ3v) is 3.77. The summed E-state index contributed by atoms with van der Waals surface area (Å²) < 4.78 is 51.5. The lowest BCUT2D eigenvalue weighted by atomic mass is 10.3. The average Bonchev–Trinajstić information content (AvgIpc) is 2.25. The van der Waals surface area contributed by atoms with Crippen molar-refractivity contribution in [3.63, 3.8) is 0 Å². The van der Waals surface area contributed by atoms with Gasteiger partial charge in [0.2, 0.25) is 10.0 Å². The van der Waals surface area contributed by atoms with E-state index in [1.54, 1.807) is 6.92 Å². The molecule has 0 aliphatic heterocycles. The van der Waals surface area contributed by atoms with Crippen molar-refractivity contribution < 1.29 is 22.3 Å². The third-order valence-electron chi connectivity index (χ3n) is 2.22. The van der Waals surface area contributed by atoms with Crippen LogP contribution in [0.5, 0.6) is 0 Å². The zero-order valence-electron chi connectivity index (χ0n) is 9.15. The Kier molecular flexibility index (Phi) is 4.55. The Hall–Kier alpha value is -1.05. The molecule has 7 heteroatoms. The van der Waals surface area contributed by atoms with Crippen LogP contribution in [0.2, 0.25) is 0 Å². The number of benzene rings is 1. The van der Waals surface area contributed by atoms with Gasteiger partial charge >= 0.3 is 0 Å². The van der Waals surface area contributed by atoms with E-state index >= 15 is 0 Å². The molecule has 1 rings (SSSR count). The van der Waals surface area contributed by atoms with E-state index < -0.39 is 39.2 Å². The lowest BCUT2D eigenvalue weighted by molar-refractivity contribution is 0.253. The molecule has 0 unspecified atom stereocenters. The molecule has 0 aliphatic rings. The number of aliphatic hydroxyl groups excluding tert-OH is 1. The summed E-state index contributed by atoms with van der Waals surface area (Å²) in [6.45, 7) is 1.28. The number of aliphatic hydroxyl groups is 1. The fraction of sp³-hybridized carbons (Fsp3) is 0.400. The maximum Gasteiger partial charge on any atom is 0.243 e. The summed E-state index contributed by atoms with van der Waals surface area (Å²) in [4.78, 5) is -0.634. The maximum atomic E-state index is 13.3. The molecule has 2 N–H and O–H groups in total. The third kappa shape index (κ3) is 3.45. The van der Waals surface area contributed by atoms with Crippen LogP contribution in [0.3, 0.4) is 0 Å². The van der Waals surface area contributed by atoms with Gasteiger partial charge in [-0.25, -0.2) is 21.9 Å². The predicted molar refractivity (Wildman–Crippen MR) is 57.8 cm³/mol. The SMILES string of the molecule is CC[C@H](CO)NS(=O)(=O)c1ccc(F)cc1F. The molecule has 1 atom stereocenters. The van der Waals surface area contributed by atoms with Crippen LogP contribution in [0.1, 0.15) is 13.3 Å². The smallest absolute Gasteiger partial charge is 0.243 e. The summed E-state index contributed by atoms with van der Waals surface area (Å²) in [5, 5.41) is 8.87. The molecule has 1 aromatic rings. The van der Waals surface area contributed by atoms with Crippen molar-refractivity contribution in [3.05, 3.63) is 29.8 Å². The van der Waals surface area contributed by atoms with E-state index in [0.717, 1.165) is 12.1 Å². The van der Waals surface area contributed by atoms with Crippen molar-refractivity contribution in [1.29, 1.82) is 0 Å². The minimum atomic E-state index is -4.08. The number of nitrogens with one attached hydrogen (secondary N) is 1. The summed E-state index contributed by atoms with van der Waals surface area (Å²) in [6.07, 6.45) is 0.360. The summed E-state index contributed by atoms with van der Waals surface area (Å²) >= 11 is 0. The fourth-order valence-electron chi connectivity index (χ4n) is 1.23. The van der Waals surface area contributed by atoms with Crippen molar-refractivity contribution in [1.82, 2.24) is 4.72 Å². The molecular weight excluding hydrogens is 252 g/mol. The fourth-order valence-corrected chi connectivity index (χ4v) is 2.60. The topological polar surface area (TPSA) is 66.4 Å². The molecule has 0 saturated carbocycles. The summed E-state index contributed by atoms with van der Waals surface area (Å²) in [5.74, 6) is -2.01. The van der Waals surface area contributed by atoms with Crippen LogP contribution in [-0.2, 0) is 10.0 Å². The molecule has 17 heavy (non-hydrogen) atoms. The number of hydrogen-bond acceptors (Lipinski definition) is 3. The summed E-state index contributed by atoms with van der Waals surface area (Å²) in [7, 11) is -4.08. The Bertz CT molecular complexity index is 486. The van der Waals surface area contributed by atoms with Gasteiger partial charge in [0.15, 0.2) is 0 Å². The van der Waals surface area contributed by atoms with Crippen LogP contribution < -0.4 is 4.72 Å². The first kappa shape index (κ1) is 14.0. The second-order valence-electron chi connectivity index (χ2n) is 3.48. The highest BCUT2D eigenvalue weighted by atomic mass is 32.2. The summed E-state index contributed by atoms with van der Waals surface area (Å²) in [6, 6.07) is 1.51. The molecular formula is C10H13F2NO3S. The Morgan fingerprint density at radius 2 is 2.06 bits per heavy atom. The highest BCUT2D eigenvalue weighted by molar-refractivity contribution is 7.89. The predicted octanol–water partition coefficient (Wildman–Crippen LogP) is 1.01. The van der Waals surface area contributed by atoms with Gasteiger partial charge in [-0.2, -0.15) is 0 Å². The highest BCUT2D eigenvalue weighted by Crippen LogP contribution is 2.15. The van der Waals surface area contributed by atoms with Crippen LogP contribution in [0.4, 0.5) is 8.78 Å². The quantitative estimate of drug-likeness (QED) is 0.835. The molecule has 1 aromatic carbocycles. The van der Waals surface area contributed by atoms with E-state index in [4.69, 9.17) is 5.11 Å². The van der Waals surface area contributed by atoms with Crippen molar-refractivity contribution in [2.75, 3.05) is 6.61 Å². The van der Waals surface area contributed by atoms with Crippen molar-refractivity contribution in [2.45, 2.75) is 24.3 Å².